The van der Waals surface area contributed by atoms with Gasteiger partial charge in [0.2, 0.25) is 6.41 Å². The van der Waals surface area contributed by atoms with E-state index in [1.165, 1.54) is 64.2 Å². The Morgan fingerprint density at radius 1 is 1.06 bits per heavy atom. The molecule has 1 aromatic carbocycles. The summed E-state index contributed by atoms with van der Waals surface area (Å²) in [5, 5.41) is 14.1. The van der Waals surface area contributed by atoms with Crippen LogP contribution in [0.15, 0.2) is 30.3 Å². The maximum atomic E-state index is 11.1. The number of unbranched alkanes of at least 4 members (excludes halogenated alkanes) is 1. The van der Waals surface area contributed by atoms with Crippen molar-refractivity contribution >= 4 is 12.4 Å². The molecule has 186 valence electrons. The molecule has 6 heteroatoms. The van der Waals surface area contributed by atoms with Gasteiger partial charge in [-0.1, -0.05) is 88.6 Å². The summed E-state index contributed by atoms with van der Waals surface area (Å²) in [5.41, 5.74) is 0.930. The number of carboxylic acids is 1. The van der Waals surface area contributed by atoms with E-state index < -0.39 is 11.9 Å². The highest BCUT2D eigenvalue weighted by Gasteiger charge is 2.21. The molecule has 2 fully saturated rings. The topological polar surface area (TPSA) is 78.9 Å². The van der Waals surface area contributed by atoms with Gasteiger partial charge in [-0.15, -0.1) is 0 Å². The number of carboxylic acid groups (broad SMARTS) is 1. The molecule has 0 unspecified atom stereocenters. The highest BCUT2D eigenvalue weighted by Crippen LogP contribution is 2.22. The predicted octanol–water partition coefficient (Wildman–Crippen LogP) is 5.71. The van der Waals surface area contributed by atoms with Gasteiger partial charge < -0.3 is 10.4 Å². The van der Waals surface area contributed by atoms with Gasteiger partial charge in [0.25, 0.3) is 0 Å². The fourth-order valence-corrected chi connectivity index (χ4v) is 4.69. The highest BCUT2D eigenvalue weighted by atomic mass is 16.7. The number of carbonyl (C=O) groups is 2. The molecule has 2 aliphatic carbocycles. The summed E-state index contributed by atoms with van der Waals surface area (Å²) >= 11 is 0. The molecule has 2 N–H and O–H groups in total. The van der Waals surface area contributed by atoms with Crippen LogP contribution in [0.3, 0.4) is 0 Å². The van der Waals surface area contributed by atoms with E-state index in [9.17, 15) is 9.59 Å². The standard InChI is InChI=1S/C15H21NO4.C12H23N/c1-2-3-9-14(15(18)19)10-16(12-17)20-11-13-7-5-4-6-8-13;1-3-7-11(8-4-1)13-12-9-5-2-6-10-12/h4-8,12,14H,2-3,9-11H2,1H3,(H,18,19);11-13H,1-10H2/t14-;/m1./s1. The van der Waals surface area contributed by atoms with Crippen molar-refractivity contribution in [1.29, 1.82) is 0 Å². The van der Waals surface area contributed by atoms with Crippen molar-refractivity contribution in [3.05, 3.63) is 35.9 Å². The number of nitrogens with one attached hydrogen (secondary N) is 1. The molecule has 33 heavy (non-hydrogen) atoms. The predicted molar refractivity (Wildman–Crippen MR) is 132 cm³/mol. The third-order valence-corrected chi connectivity index (χ3v) is 6.69. The molecule has 3 rings (SSSR count). The minimum Gasteiger partial charge on any atom is -0.481 e. The second-order valence-electron chi connectivity index (χ2n) is 9.48. The molecular formula is C27H44N2O4. The van der Waals surface area contributed by atoms with E-state index in [0.717, 1.165) is 35.6 Å². The average Bonchev–Trinajstić information content (AvgIpc) is 2.86. The van der Waals surface area contributed by atoms with Crippen LogP contribution in [-0.4, -0.2) is 41.2 Å². The largest absolute Gasteiger partial charge is 0.481 e. The van der Waals surface area contributed by atoms with Crippen molar-refractivity contribution in [2.24, 2.45) is 5.92 Å². The molecule has 0 radical (unpaired) electrons. The Balaban J connectivity index is 0.000000254. The van der Waals surface area contributed by atoms with Crippen molar-refractivity contribution in [1.82, 2.24) is 10.4 Å². The van der Waals surface area contributed by atoms with Crippen LogP contribution in [0.4, 0.5) is 0 Å². The molecule has 2 aliphatic rings. The Labute approximate surface area is 200 Å². The minimum atomic E-state index is -0.895. The van der Waals surface area contributed by atoms with E-state index in [-0.39, 0.29) is 13.2 Å². The van der Waals surface area contributed by atoms with E-state index in [0.29, 0.717) is 12.8 Å². The summed E-state index contributed by atoms with van der Waals surface area (Å²) in [6.07, 6.45) is 17.4. The average molecular weight is 461 g/mol. The summed E-state index contributed by atoms with van der Waals surface area (Å²) in [6, 6.07) is 11.2. The van der Waals surface area contributed by atoms with Gasteiger partial charge in [0.15, 0.2) is 0 Å². The lowest BCUT2D eigenvalue weighted by Crippen LogP contribution is -2.40. The van der Waals surface area contributed by atoms with Gasteiger partial charge in [-0.25, -0.2) is 5.06 Å². The van der Waals surface area contributed by atoms with Crippen LogP contribution >= 0.6 is 0 Å². The van der Waals surface area contributed by atoms with Crippen LogP contribution in [-0.2, 0) is 21.0 Å². The van der Waals surface area contributed by atoms with Gasteiger partial charge in [0.05, 0.1) is 12.5 Å². The third-order valence-electron chi connectivity index (χ3n) is 6.69. The third kappa shape index (κ3) is 11.7. The van der Waals surface area contributed by atoms with Gasteiger partial charge in [-0.05, 0) is 37.7 Å². The normalized spacial score (nSPS) is 18.1. The number of aliphatic carboxylic acids is 1. The van der Waals surface area contributed by atoms with Gasteiger partial charge in [0.1, 0.15) is 6.61 Å². The molecule has 0 saturated heterocycles. The molecule has 6 nitrogen and oxygen atoms in total. The summed E-state index contributed by atoms with van der Waals surface area (Å²) in [7, 11) is 0. The maximum absolute atomic E-state index is 11.1. The van der Waals surface area contributed by atoms with Crippen LogP contribution in [0, 0.1) is 5.92 Å². The first-order chi connectivity index (χ1) is 16.1. The second-order valence-corrected chi connectivity index (χ2v) is 9.48. The van der Waals surface area contributed by atoms with Crippen molar-refractivity contribution in [3.63, 3.8) is 0 Å². The number of hydroxylamine groups is 2. The Bertz CT molecular complexity index is 627. The van der Waals surface area contributed by atoms with E-state index in [1.54, 1.807) is 0 Å². The molecule has 1 amide bonds. The number of carbonyl (C=O) groups excluding carboxylic acids is 1. The van der Waals surface area contributed by atoms with Crippen molar-refractivity contribution < 1.29 is 19.5 Å². The lowest BCUT2D eigenvalue weighted by atomic mass is 9.91. The fourth-order valence-electron chi connectivity index (χ4n) is 4.69. The molecule has 0 bridgehead atoms. The zero-order valence-electron chi connectivity index (χ0n) is 20.4. The second kappa shape index (κ2) is 16.7. The van der Waals surface area contributed by atoms with E-state index in [2.05, 4.69) is 5.32 Å². The Hall–Kier alpha value is -1.92. The lowest BCUT2D eigenvalue weighted by molar-refractivity contribution is -0.184. The molecule has 2 saturated carbocycles. The minimum absolute atomic E-state index is 0.0751. The zero-order chi connectivity index (χ0) is 23.7. The van der Waals surface area contributed by atoms with E-state index in [1.807, 2.05) is 37.3 Å². The summed E-state index contributed by atoms with van der Waals surface area (Å²) in [6.45, 7) is 2.33. The quantitative estimate of drug-likeness (QED) is 0.309. The number of benzene rings is 1. The Morgan fingerprint density at radius 3 is 2.12 bits per heavy atom. The molecule has 0 spiro atoms. The number of hydrogen-bond donors (Lipinski definition) is 2. The van der Waals surface area contributed by atoms with E-state index >= 15 is 0 Å². The molecule has 0 aromatic heterocycles. The highest BCUT2D eigenvalue weighted by molar-refractivity contribution is 5.70. The first-order valence-electron chi connectivity index (χ1n) is 13.0. The number of hydrogen-bond acceptors (Lipinski definition) is 4. The molecule has 1 aromatic rings. The number of nitrogens with zero attached hydrogens (tertiary/aromatic N) is 1. The number of amides is 1. The maximum Gasteiger partial charge on any atom is 0.308 e. The summed E-state index contributed by atoms with van der Waals surface area (Å²) in [4.78, 5) is 27.4. The van der Waals surface area contributed by atoms with Crippen molar-refractivity contribution in [3.8, 4) is 0 Å². The van der Waals surface area contributed by atoms with Gasteiger partial charge in [-0.3, -0.25) is 14.4 Å². The number of rotatable bonds is 12. The summed E-state index contributed by atoms with van der Waals surface area (Å²) in [5.74, 6) is -1.48. The van der Waals surface area contributed by atoms with Crippen LogP contribution in [0.5, 0.6) is 0 Å². The van der Waals surface area contributed by atoms with Gasteiger partial charge in [0, 0.05) is 12.1 Å². The van der Waals surface area contributed by atoms with Crippen LogP contribution in [0.1, 0.15) is 96.0 Å². The first-order valence-corrected chi connectivity index (χ1v) is 13.0. The smallest absolute Gasteiger partial charge is 0.308 e. The van der Waals surface area contributed by atoms with Gasteiger partial charge >= 0.3 is 5.97 Å². The Morgan fingerprint density at radius 2 is 1.64 bits per heavy atom. The van der Waals surface area contributed by atoms with Crippen LogP contribution < -0.4 is 5.32 Å². The van der Waals surface area contributed by atoms with Crippen molar-refractivity contribution in [2.45, 2.75) is 109 Å². The Kier molecular flexibility index (Phi) is 13.8. The molecule has 0 heterocycles. The molecule has 1 atom stereocenters. The fraction of sp³-hybridized carbons (Fsp3) is 0.704. The molecular weight excluding hydrogens is 416 g/mol. The molecule has 0 aliphatic heterocycles. The first kappa shape index (κ1) is 27.3. The van der Waals surface area contributed by atoms with Crippen LogP contribution in [0.25, 0.3) is 0 Å². The van der Waals surface area contributed by atoms with E-state index in [4.69, 9.17) is 9.94 Å². The SMILES string of the molecule is C1CCC(NC2CCCCC2)CC1.CCCC[C@H](CN(C=O)OCc1ccccc1)C(=O)O. The van der Waals surface area contributed by atoms with Crippen LogP contribution in [0.2, 0.25) is 0 Å². The summed E-state index contributed by atoms with van der Waals surface area (Å²) < 4.78 is 0. The lowest BCUT2D eigenvalue weighted by Gasteiger charge is -2.30. The monoisotopic (exact) mass is 460 g/mol. The van der Waals surface area contributed by atoms with Crippen molar-refractivity contribution in [2.75, 3.05) is 6.54 Å². The van der Waals surface area contributed by atoms with Gasteiger partial charge in [-0.2, -0.15) is 0 Å². The zero-order valence-corrected chi connectivity index (χ0v) is 20.4.